The van der Waals surface area contributed by atoms with Crippen LogP contribution < -0.4 is 20.5 Å². The maximum absolute atomic E-state index is 14.3. The zero-order valence-corrected chi connectivity index (χ0v) is 21.8. The van der Waals surface area contributed by atoms with Crippen LogP contribution in [0.25, 0.3) is 16.9 Å². The summed E-state index contributed by atoms with van der Waals surface area (Å²) in [6.45, 7) is 6.83. The number of fused-ring (bicyclic) bond motifs is 1. The van der Waals surface area contributed by atoms with Crippen LogP contribution in [0.2, 0.25) is 0 Å². The minimum absolute atomic E-state index is 0.310. The number of hydrogen-bond acceptors (Lipinski definition) is 6. The molecule has 9 heteroatoms. The van der Waals surface area contributed by atoms with E-state index in [1.165, 1.54) is 12.3 Å². The third-order valence-corrected chi connectivity index (χ3v) is 5.99. The van der Waals surface area contributed by atoms with Crippen LogP contribution >= 0.6 is 0 Å². The van der Waals surface area contributed by atoms with Gasteiger partial charge in [-0.25, -0.2) is 9.37 Å². The first-order chi connectivity index (χ1) is 17.6. The minimum Gasteiger partial charge on any atom is -0.492 e. The van der Waals surface area contributed by atoms with Crippen molar-refractivity contribution in [1.82, 2.24) is 14.3 Å². The predicted molar refractivity (Wildman–Crippen MR) is 143 cm³/mol. The number of anilines is 2. The molecule has 0 saturated carbocycles. The molecule has 2 aromatic heterocycles. The van der Waals surface area contributed by atoms with E-state index in [2.05, 4.69) is 5.32 Å². The van der Waals surface area contributed by atoms with E-state index in [4.69, 9.17) is 20.2 Å². The molecular formula is C28H32FN5O3. The molecule has 3 N–H and O–H groups in total. The van der Waals surface area contributed by atoms with Gasteiger partial charge in [0, 0.05) is 30.1 Å². The van der Waals surface area contributed by atoms with Gasteiger partial charge in [0.1, 0.15) is 41.1 Å². The van der Waals surface area contributed by atoms with Gasteiger partial charge in [-0.05, 0) is 69.8 Å². The largest absolute Gasteiger partial charge is 0.492 e. The van der Waals surface area contributed by atoms with Gasteiger partial charge in [-0.15, -0.1) is 0 Å². The van der Waals surface area contributed by atoms with Crippen molar-refractivity contribution in [1.29, 1.82) is 0 Å². The first-order valence-electron chi connectivity index (χ1n) is 12.0. The molecule has 0 radical (unpaired) electrons. The van der Waals surface area contributed by atoms with Crippen molar-refractivity contribution < 1.29 is 18.7 Å². The number of nitrogens with zero attached hydrogens (tertiary/aromatic N) is 3. The van der Waals surface area contributed by atoms with E-state index in [0.717, 1.165) is 28.9 Å². The molecule has 0 spiro atoms. The van der Waals surface area contributed by atoms with E-state index in [-0.39, 0.29) is 6.61 Å². The zero-order chi connectivity index (χ0) is 26.7. The van der Waals surface area contributed by atoms with Gasteiger partial charge in [0.05, 0.1) is 0 Å². The summed E-state index contributed by atoms with van der Waals surface area (Å²) in [4.78, 5) is 18.4. The molecule has 0 fully saturated rings. The normalized spacial score (nSPS) is 11.2. The fraction of sp³-hybridized carbons (Fsp3) is 0.286. The lowest BCUT2D eigenvalue weighted by Crippen LogP contribution is -2.21. The maximum atomic E-state index is 14.3. The second-order valence-corrected chi connectivity index (χ2v) is 9.30. The average Bonchev–Trinajstić information content (AvgIpc) is 3.16. The first kappa shape index (κ1) is 26.0. The summed E-state index contributed by atoms with van der Waals surface area (Å²) < 4.78 is 27.8. The van der Waals surface area contributed by atoms with E-state index in [9.17, 15) is 9.18 Å². The number of nitrogens with two attached hydrogens (primary N) is 1. The summed E-state index contributed by atoms with van der Waals surface area (Å²) in [5.74, 6) is 0.565. The van der Waals surface area contributed by atoms with Crippen LogP contribution in [0.1, 0.15) is 16.7 Å². The number of aromatic nitrogens is 2. The Morgan fingerprint density at radius 2 is 1.81 bits per heavy atom. The number of imidazole rings is 1. The molecule has 0 saturated heterocycles. The van der Waals surface area contributed by atoms with Gasteiger partial charge in [0.15, 0.2) is 6.61 Å². The summed E-state index contributed by atoms with van der Waals surface area (Å²) >= 11 is 0. The predicted octanol–water partition coefficient (Wildman–Crippen LogP) is 4.61. The molecule has 0 bridgehead atoms. The molecule has 4 aromatic rings. The van der Waals surface area contributed by atoms with Crippen LogP contribution in [0.5, 0.6) is 11.5 Å². The third-order valence-electron chi connectivity index (χ3n) is 5.99. The van der Waals surface area contributed by atoms with E-state index in [1.54, 1.807) is 16.5 Å². The van der Waals surface area contributed by atoms with Crippen LogP contribution in [-0.2, 0) is 4.79 Å². The molecule has 8 nitrogen and oxygen atoms in total. The van der Waals surface area contributed by atoms with Gasteiger partial charge in [-0.3, -0.25) is 9.20 Å². The Labute approximate surface area is 215 Å². The van der Waals surface area contributed by atoms with Crippen LogP contribution in [0.4, 0.5) is 15.9 Å². The molecule has 194 valence electrons. The summed E-state index contributed by atoms with van der Waals surface area (Å²) in [5, 5.41) is 3.49. The van der Waals surface area contributed by atoms with E-state index >= 15 is 0 Å². The number of carbonyl (C=O) groups is 1. The fourth-order valence-corrected chi connectivity index (χ4v) is 4.16. The lowest BCUT2D eigenvalue weighted by Gasteiger charge is -2.18. The minimum atomic E-state index is -0.603. The monoisotopic (exact) mass is 505 g/mol. The Bertz CT molecular complexity index is 1430. The number of primary amides is 1. The number of rotatable bonds is 10. The van der Waals surface area contributed by atoms with E-state index in [1.807, 2.05) is 64.0 Å². The van der Waals surface area contributed by atoms with Crippen molar-refractivity contribution in [3.05, 3.63) is 71.2 Å². The fourth-order valence-electron chi connectivity index (χ4n) is 4.16. The third kappa shape index (κ3) is 5.83. The summed E-state index contributed by atoms with van der Waals surface area (Å²) in [7, 11) is 3.94. The topological polar surface area (TPSA) is 94.1 Å². The van der Waals surface area contributed by atoms with Gasteiger partial charge >= 0.3 is 0 Å². The van der Waals surface area contributed by atoms with Crippen molar-refractivity contribution in [2.24, 2.45) is 5.73 Å². The van der Waals surface area contributed by atoms with Crippen molar-refractivity contribution >= 4 is 23.1 Å². The number of aryl methyl sites for hydroxylation is 3. The van der Waals surface area contributed by atoms with Crippen molar-refractivity contribution in [2.75, 3.05) is 39.2 Å². The molecule has 2 aromatic carbocycles. The molecule has 0 atom stereocenters. The standard InChI is InChI=1S/C28H32FN5O3/c1-17-7-6-8-18(2)26(17)32-28-27(31-24-10-9-20(29)15-34(24)28)25-19(3)13-21(36-12-11-33(4)5)14-22(25)37-16-23(30)35/h6-10,13-15,32H,11-12,16H2,1-5H3,(H2,30,35). The lowest BCUT2D eigenvalue weighted by molar-refractivity contribution is -0.119. The van der Waals surface area contributed by atoms with Crippen LogP contribution in [-0.4, -0.2) is 54.0 Å². The van der Waals surface area contributed by atoms with Gasteiger partial charge in [-0.1, -0.05) is 18.2 Å². The highest BCUT2D eigenvalue weighted by Crippen LogP contribution is 2.42. The maximum Gasteiger partial charge on any atom is 0.255 e. The number of para-hydroxylation sites is 1. The molecule has 0 aliphatic rings. The van der Waals surface area contributed by atoms with Crippen molar-refractivity contribution in [3.8, 4) is 22.8 Å². The number of ether oxygens (including phenoxy) is 2. The van der Waals surface area contributed by atoms with Gasteiger partial charge in [-0.2, -0.15) is 0 Å². The molecule has 2 heterocycles. The molecule has 0 aliphatic heterocycles. The Hall–Kier alpha value is -4.11. The second-order valence-electron chi connectivity index (χ2n) is 9.30. The number of halogens is 1. The van der Waals surface area contributed by atoms with Gasteiger partial charge in [0.25, 0.3) is 5.91 Å². The highest BCUT2D eigenvalue weighted by molar-refractivity contribution is 5.86. The van der Waals surface area contributed by atoms with E-state index in [0.29, 0.717) is 40.8 Å². The molecule has 1 amide bonds. The number of nitrogens with one attached hydrogen (secondary N) is 1. The first-order valence-corrected chi connectivity index (χ1v) is 12.0. The van der Waals surface area contributed by atoms with Gasteiger partial charge < -0.3 is 25.4 Å². The average molecular weight is 506 g/mol. The summed E-state index contributed by atoms with van der Waals surface area (Å²) in [5.41, 5.74) is 10.9. The number of hydrogen-bond donors (Lipinski definition) is 2. The quantitative estimate of drug-likeness (QED) is 0.327. The number of pyridine rings is 1. The molecule has 4 rings (SSSR count). The molecular weight excluding hydrogens is 473 g/mol. The lowest BCUT2D eigenvalue weighted by atomic mass is 10.0. The Balaban J connectivity index is 1.89. The zero-order valence-electron chi connectivity index (χ0n) is 21.8. The summed E-state index contributed by atoms with van der Waals surface area (Å²) in [6.07, 6.45) is 1.39. The van der Waals surface area contributed by atoms with E-state index < -0.39 is 11.7 Å². The molecule has 0 unspecified atom stereocenters. The van der Waals surface area contributed by atoms with Crippen LogP contribution in [0, 0.1) is 26.6 Å². The summed E-state index contributed by atoms with van der Waals surface area (Å²) in [6, 6.07) is 12.6. The van der Waals surface area contributed by atoms with Gasteiger partial charge in [0.2, 0.25) is 0 Å². The highest BCUT2D eigenvalue weighted by atomic mass is 19.1. The Morgan fingerprint density at radius 3 is 2.49 bits per heavy atom. The second kappa shape index (κ2) is 10.9. The molecule has 37 heavy (non-hydrogen) atoms. The smallest absolute Gasteiger partial charge is 0.255 e. The highest BCUT2D eigenvalue weighted by Gasteiger charge is 2.23. The SMILES string of the molecule is Cc1cccc(C)c1Nc1c(-c2c(C)cc(OCCN(C)C)cc2OCC(N)=O)nc2ccc(F)cn12. The van der Waals surface area contributed by atoms with Crippen LogP contribution in [0.15, 0.2) is 48.7 Å². The van der Waals surface area contributed by atoms with Crippen molar-refractivity contribution in [3.63, 3.8) is 0 Å². The van der Waals surface area contributed by atoms with Crippen molar-refractivity contribution in [2.45, 2.75) is 20.8 Å². The Kier molecular flexibility index (Phi) is 7.63. The number of benzene rings is 2. The number of carbonyl (C=O) groups excluding carboxylic acids is 1. The van der Waals surface area contributed by atoms with Crippen LogP contribution in [0.3, 0.4) is 0 Å². The number of amides is 1. The molecule has 0 aliphatic carbocycles. The number of likely N-dealkylation sites (N-methyl/N-ethyl adjacent to an activating group) is 1. The Morgan fingerprint density at radius 1 is 1.08 bits per heavy atom.